The van der Waals surface area contributed by atoms with Gasteiger partial charge >= 0.3 is 0 Å². The molecule has 2 aromatic rings. The third-order valence-electron chi connectivity index (χ3n) is 4.88. The second-order valence-electron chi connectivity index (χ2n) is 6.89. The van der Waals surface area contributed by atoms with Crippen LogP contribution in [0.1, 0.15) is 28.8 Å². The van der Waals surface area contributed by atoms with Crippen LogP contribution in [0, 0.1) is 0 Å². The van der Waals surface area contributed by atoms with Crippen LogP contribution in [0.5, 0.6) is 11.5 Å². The number of nitrogens with zero attached hydrogens (tertiary/aromatic N) is 1. The van der Waals surface area contributed by atoms with Crippen molar-refractivity contribution in [1.82, 2.24) is 10.2 Å². The Kier molecular flexibility index (Phi) is 5.07. The fourth-order valence-electron chi connectivity index (χ4n) is 3.43. The number of likely N-dealkylation sites (tertiary alicyclic amines) is 1. The van der Waals surface area contributed by atoms with E-state index in [0.29, 0.717) is 18.7 Å². The highest BCUT2D eigenvalue weighted by atomic mass is 16.6. The molecular formula is C21H24N2O3. The number of amides is 1. The molecule has 1 N–H and O–H groups in total. The van der Waals surface area contributed by atoms with Crippen molar-refractivity contribution in [1.29, 1.82) is 0 Å². The summed E-state index contributed by atoms with van der Waals surface area (Å²) in [5.74, 6) is 1.40. The predicted octanol–water partition coefficient (Wildman–Crippen LogP) is 2.85. The van der Waals surface area contributed by atoms with Crippen LogP contribution in [-0.4, -0.2) is 43.2 Å². The van der Waals surface area contributed by atoms with Crippen LogP contribution in [0.4, 0.5) is 0 Å². The summed E-state index contributed by atoms with van der Waals surface area (Å²) in [5, 5.41) is 2.94. The first kappa shape index (κ1) is 16.9. The molecule has 1 atom stereocenters. The van der Waals surface area contributed by atoms with Crippen molar-refractivity contribution < 1.29 is 14.3 Å². The number of benzene rings is 2. The lowest BCUT2D eigenvalue weighted by Gasteiger charge is -2.26. The van der Waals surface area contributed by atoms with Gasteiger partial charge in [-0.1, -0.05) is 24.3 Å². The molecule has 0 aromatic heterocycles. The van der Waals surface area contributed by atoms with E-state index in [9.17, 15) is 4.79 Å². The van der Waals surface area contributed by atoms with Crippen molar-refractivity contribution >= 4 is 5.91 Å². The normalized spacial score (nSPS) is 19.3. The summed E-state index contributed by atoms with van der Waals surface area (Å²) < 4.78 is 11.5. The lowest BCUT2D eigenvalue weighted by molar-refractivity contribution is 0.0789. The molecule has 2 heterocycles. The molecule has 1 amide bonds. The van der Waals surface area contributed by atoms with E-state index in [1.807, 2.05) is 48.5 Å². The number of carbonyl (C=O) groups is 1. The minimum atomic E-state index is -0.178. The molecule has 0 unspecified atom stereocenters. The molecule has 2 aromatic carbocycles. The zero-order chi connectivity index (χ0) is 17.8. The Morgan fingerprint density at radius 3 is 2.54 bits per heavy atom. The van der Waals surface area contributed by atoms with E-state index in [-0.39, 0.29) is 12.0 Å². The second-order valence-corrected chi connectivity index (χ2v) is 6.89. The summed E-state index contributed by atoms with van der Waals surface area (Å²) in [6.45, 7) is 4.17. The van der Waals surface area contributed by atoms with Crippen LogP contribution in [0.3, 0.4) is 0 Å². The first-order valence-electron chi connectivity index (χ1n) is 9.26. The quantitative estimate of drug-likeness (QED) is 0.899. The van der Waals surface area contributed by atoms with Gasteiger partial charge in [-0.25, -0.2) is 0 Å². The van der Waals surface area contributed by atoms with Gasteiger partial charge in [-0.15, -0.1) is 0 Å². The fourth-order valence-corrected chi connectivity index (χ4v) is 3.43. The van der Waals surface area contributed by atoms with Gasteiger partial charge < -0.3 is 14.8 Å². The van der Waals surface area contributed by atoms with Crippen molar-refractivity contribution in [2.75, 3.05) is 26.2 Å². The predicted molar refractivity (Wildman–Crippen MR) is 99.6 cm³/mol. The minimum Gasteiger partial charge on any atom is -0.486 e. The molecule has 1 fully saturated rings. The van der Waals surface area contributed by atoms with Crippen molar-refractivity contribution in [3.05, 3.63) is 59.7 Å². The molecule has 0 radical (unpaired) electrons. The molecule has 5 nitrogen and oxygen atoms in total. The van der Waals surface area contributed by atoms with Crippen molar-refractivity contribution in [2.45, 2.75) is 25.5 Å². The zero-order valence-corrected chi connectivity index (χ0v) is 14.8. The summed E-state index contributed by atoms with van der Waals surface area (Å²) in [6, 6.07) is 15.5. The Labute approximate surface area is 153 Å². The first-order valence-corrected chi connectivity index (χ1v) is 9.26. The second kappa shape index (κ2) is 7.79. The lowest BCUT2D eigenvalue weighted by atomic mass is 10.1. The fraction of sp³-hybridized carbons (Fsp3) is 0.381. The molecule has 0 spiro atoms. The average molecular weight is 352 g/mol. The highest BCUT2D eigenvalue weighted by Crippen LogP contribution is 2.30. The third-order valence-corrected chi connectivity index (χ3v) is 4.88. The van der Waals surface area contributed by atoms with Gasteiger partial charge in [0.05, 0.1) is 6.54 Å². The van der Waals surface area contributed by atoms with E-state index in [1.54, 1.807) is 0 Å². The largest absolute Gasteiger partial charge is 0.486 e. The van der Waals surface area contributed by atoms with Gasteiger partial charge in [0.2, 0.25) is 0 Å². The van der Waals surface area contributed by atoms with Crippen LogP contribution in [0.25, 0.3) is 0 Å². The van der Waals surface area contributed by atoms with E-state index < -0.39 is 0 Å². The summed E-state index contributed by atoms with van der Waals surface area (Å²) in [4.78, 5) is 14.8. The molecule has 0 saturated carbocycles. The lowest BCUT2D eigenvalue weighted by Crippen LogP contribution is -2.40. The number of ether oxygens (including phenoxy) is 2. The number of fused-ring (bicyclic) bond motifs is 1. The zero-order valence-electron chi connectivity index (χ0n) is 14.8. The molecule has 2 aliphatic rings. The van der Waals surface area contributed by atoms with Gasteiger partial charge in [0.15, 0.2) is 11.5 Å². The van der Waals surface area contributed by atoms with E-state index >= 15 is 0 Å². The van der Waals surface area contributed by atoms with Crippen molar-refractivity contribution in [2.24, 2.45) is 0 Å². The minimum absolute atomic E-state index is 0.0832. The average Bonchev–Trinajstić information content (AvgIpc) is 3.19. The Morgan fingerprint density at radius 1 is 1.04 bits per heavy atom. The number of carbonyl (C=O) groups excluding carboxylic acids is 1. The maximum Gasteiger partial charge on any atom is 0.251 e. The number of rotatable bonds is 5. The number of para-hydroxylation sites is 2. The van der Waals surface area contributed by atoms with E-state index in [0.717, 1.165) is 18.0 Å². The molecule has 26 heavy (non-hydrogen) atoms. The smallest absolute Gasteiger partial charge is 0.251 e. The topological polar surface area (TPSA) is 50.8 Å². The van der Waals surface area contributed by atoms with Crippen molar-refractivity contribution in [3.63, 3.8) is 0 Å². The van der Waals surface area contributed by atoms with Crippen LogP contribution in [0.15, 0.2) is 48.5 Å². The highest BCUT2D eigenvalue weighted by molar-refractivity contribution is 5.94. The Morgan fingerprint density at radius 2 is 1.77 bits per heavy atom. The van der Waals surface area contributed by atoms with Crippen LogP contribution < -0.4 is 14.8 Å². The van der Waals surface area contributed by atoms with Gasteiger partial charge in [-0.3, -0.25) is 9.69 Å². The Bertz CT molecular complexity index is 754. The third kappa shape index (κ3) is 3.99. The molecule has 0 bridgehead atoms. The monoisotopic (exact) mass is 352 g/mol. The van der Waals surface area contributed by atoms with E-state index in [4.69, 9.17) is 9.47 Å². The van der Waals surface area contributed by atoms with Gasteiger partial charge in [-0.05, 0) is 55.8 Å². The Hall–Kier alpha value is -2.53. The summed E-state index contributed by atoms with van der Waals surface area (Å²) >= 11 is 0. The van der Waals surface area contributed by atoms with Gasteiger partial charge in [0, 0.05) is 12.1 Å². The number of hydrogen-bond donors (Lipinski definition) is 1. The standard InChI is InChI=1S/C21H24N2O3/c24-21(17-9-7-16(8-10-17)14-23-11-3-4-12-23)22-13-18-15-25-19-5-1-2-6-20(19)26-18/h1-2,5-10,18H,3-4,11-15H2,(H,22,24)/t18-/m0/s1. The maximum atomic E-state index is 12.4. The number of nitrogens with one attached hydrogen (secondary N) is 1. The van der Waals surface area contributed by atoms with Crippen LogP contribution in [-0.2, 0) is 6.54 Å². The number of hydrogen-bond acceptors (Lipinski definition) is 4. The summed E-state index contributed by atoms with van der Waals surface area (Å²) in [6.07, 6.45) is 2.40. The maximum absolute atomic E-state index is 12.4. The van der Waals surface area contributed by atoms with Crippen molar-refractivity contribution in [3.8, 4) is 11.5 Å². The van der Waals surface area contributed by atoms with Crippen LogP contribution >= 0.6 is 0 Å². The molecule has 5 heteroatoms. The molecule has 136 valence electrons. The summed E-state index contributed by atoms with van der Waals surface area (Å²) in [5.41, 5.74) is 1.93. The van der Waals surface area contributed by atoms with E-state index in [1.165, 1.54) is 31.5 Å². The highest BCUT2D eigenvalue weighted by Gasteiger charge is 2.21. The Balaban J connectivity index is 1.28. The molecule has 2 aliphatic heterocycles. The molecule has 4 rings (SSSR count). The molecule has 0 aliphatic carbocycles. The van der Waals surface area contributed by atoms with Crippen LogP contribution in [0.2, 0.25) is 0 Å². The molecular weight excluding hydrogens is 328 g/mol. The van der Waals surface area contributed by atoms with Gasteiger partial charge in [-0.2, -0.15) is 0 Å². The molecule has 1 saturated heterocycles. The SMILES string of the molecule is O=C(NC[C@H]1COc2ccccc2O1)c1ccc(CN2CCCC2)cc1. The summed E-state index contributed by atoms with van der Waals surface area (Å²) in [7, 11) is 0. The van der Waals surface area contributed by atoms with Gasteiger partial charge in [0.25, 0.3) is 5.91 Å². The van der Waals surface area contributed by atoms with Gasteiger partial charge in [0.1, 0.15) is 12.7 Å². The first-order chi connectivity index (χ1) is 12.8. The van der Waals surface area contributed by atoms with E-state index in [2.05, 4.69) is 10.2 Å².